The van der Waals surface area contributed by atoms with E-state index in [0.29, 0.717) is 0 Å². The summed E-state index contributed by atoms with van der Waals surface area (Å²) in [6.45, 7) is 13.9. The van der Waals surface area contributed by atoms with Crippen LogP contribution in [-0.4, -0.2) is 0 Å². The molecule has 0 radical (unpaired) electrons. The summed E-state index contributed by atoms with van der Waals surface area (Å²) in [5.74, 6) is 0. The minimum absolute atomic E-state index is 0.0319. The molecule has 0 saturated carbocycles. The Morgan fingerprint density at radius 3 is 1.87 bits per heavy atom. The Morgan fingerprint density at radius 2 is 1.29 bits per heavy atom. The predicted octanol–water partition coefficient (Wildman–Crippen LogP) is 7.39. The van der Waals surface area contributed by atoms with E-state index in [9.17, 15) is 0 Å². The van der Waals surface area contributed by atoms with Gasteiger partial charge in [-0.2, -0.15) is 0 Å². The second-order valence-corrected chi connectivity index (χ2v) is 10.5. The van der Waals surface area contributed by atoms with E-state index < -0.39 is 0 Å². The molecule has 1 aliphatic rings. The molecule has 1 heterocycles. The lowest BCUT2D eigenvalue weighted by molar-refractivity contribution is 0.528. The van der Waals surface area contributed by atoms with Gasteiger partial charge in [0.25, 0.3) is 0 Å². The molecule has 0 aromatic heterocycles. The highest BCUT2D eigenvalue weighted by Gasteiger charge is 2.32. The van der Waals surface area contributed by atoms with Gasteiger partial charge in [0.1, 0.15) is 0 Å². The highest BCUT2D eigenvalue weighted by Crippen LogP contribution is 2.41. The Labute approximate surface area is 187 Å². The van der Waals surface area contributed by atoms with E-state index in [-0.39, 0.29) is 16.9 Å². The third-order valence-corrected chi connectivity index (χ3v) is 5.93. The van der Waals surface area contributed by atoms with Crippen LogP contribution < -0.4 is 10.4 Å². The van der Waals surface area contributed by atoms with Gasteiger partial charge in [-0.15, -0.1) is 0 Å². The summed E-state index contributed by atoms with van der Waals surface area (Å²) < 4.78 is 0. The van der Waals surface area contributed by atoms with Crippen molar-refractivity contribution in [2.75, 3.05) is 5.01 Å². The molecule has 0 fully saturated rings. The molecule has 3 aromatic carbocycles. The molecule has 4 rings (SSSR count). The molecule has 2 heteroatoms. The molecular formula is C29H34N2. The van der Waals surface area contributed by atoms with E-state index in [1.54, 1.807) is 0 Å². The lowest BCUT2D eigenvalue weighted by atomic mass is 9.73. The second-order valence-electron chi connectivity index (χ2n) is 10.5. The van der Waals surface area contributed by atoms with E-state index in [4.69, 9.17) is 0 Å². The third-order valence-electron chi connectivity index (χ3n) is 5.93. The number of nitrogens with zero attached hydrogens (tertiary/aromatic N) is 1. The van der Waals surface area contributed by atoms with Crippen LogP contribution in [0.25, 0.3) is 5.70 Å². The van der Waals surface area contributed by atoms with Crippen molar-refractivity contribution in [1.29, 1.82) is 0 Å². The molecule has 0 amide bonds. The average Bonchev–Trinajstić information content (AvgIpc) is 3.19. The summed E-state index contributed by atoms with van der Waals surface area (Å²) >= 11 is 0. The van der Waals surface area contributed by atoms with Gasteiger partial charge in [-0.1, -0.05) is 108 Å². The molecule has 0 saturated heterocycles. The van der Waals surface area contributed by atoms with Gasteiger partial charge in [0.05, 0.1) is 17.4 Å². The first-order valence-electron chi connectivity index (χ1n) is 11.2. The van der Waals surface area contributed by atoms with Gasteiger partial charge in [0.15, 0.2) is 0 Å². The smallest absolute Gasteiger partial charge is 0.0958 e. The monoisotopic (exact) mass is 410 g/mol. The van der Waals surface area contributed by atoms with Crippen LogP contribution in [0, 0.1) is 0 Å². The number of para-hydroxylation sites is 1. The molecular weight excluding hydrogens is 376 g/mol. The van der Waals surface area contributed by atoms with E-state index in [1.807, 2.05) is 0 Å². The highest BCUT2D eigenvalue weighted by atomic mass is 15.5. The van der Waals surface area contributed by atoms with Crippen LogP contribution in [0.4, 0.5) is 5.69 Å². The van der Waals surface area contributed by atoms with Crippen molar-refractivity contribution < 1.29 is 0 Å². The molecule has 3 aromatic rings. The van der Waals surface area contributed by atoms with Crippen molar-refractivity contribution in [3.8, 4) is 0 Å². The summed E-state index contributed by atoms with van der Waals surface area (Å²) in [6, 6.07) is 28.2. The number of nitrogens with one attached hydrogen (secondary N) is 1. The van der Waals surface area contributed by atoms with Crippen LogP contribution >= 0.6 is 0 Å². The molecule has 1 aliphatic heterocycles. The van der Waals surface area contributed by atoms with E-state index >= 15 is 0 Å². The maximum Gasteiger partial charge on any atom is 0.0958 e. The molecule has 31 heavy (non-hydrogen) atoms. The first-order chi connectivity index (χ1) is 14.7. The minimum Gasteiger partial charge on any atom is -0.297 e. The Morgan fingerprint density at radius 1 is 0.677 bits per heavy atom. The molecule has 0 spiro atoms. The van der Waals surface area contributed by atoms with Gasteiger partial charge < -0.3 is 0 Å². The second kappa shape index (κ2) is 7.92. The summed E-state index contributed by atoms with van der Waals surface area (Å²) in [7, 11) is 0. The number of rotatable bonds is 3. The normalized spacial score (nSPS) is 16.8. The number of hydrogen-bond acceptors (Lipinski definition) is 2. The fourth-order valence-corrected chi connectivity index (χ4v) is 4.54. The minimum atomic E-state index is 0.0319. The summed E-state index contributed by atoms with van der Waals surface area (Å²) in [6.07, 6.45) is 2.37. The van der Waals surface area contributed by atoms with Crippen molar-refractivity contribution in [2.24, 2.45) is 0 Å². The molecule has 1 atom stereocenters. The molecule has 1 N–H and O–H groups in total. The van der Waals surface area contributed by atoms with E-state index in [2.05, 4.69) is 137 Å². The Balaban J connectivity index is 1.87. The zero-order chi connectivity index (χ0) is 22.2. The topological polar surface area (TPSA) is 15.3 Å². The van der Waals surface area contributed by atoms with Gasteiger partial charge in [0.2, 0.25) is 0 Å². The van der Waals surface area contributed by atoms with Crippen molar-refractivity contribution in [3.63, 3.8) is 0 Å². The first kappa shape index (κ1) is 21.2. The molecule has 0 aliphatic carbocycles. The van der Waals surface area contributed by atoms with Crippen LogP contribution in [0.2, 0.25) is 0 Å². The fraction of sp³-hybridized carbons (Fsp3) is 0.310. The zero-order valence-electron chi connectivity index (χ0n) is 19.6. The zero-order valence-corrected chi connectivity index (χ0v) is 19.6. The lowest BCUT2D eigenvalue weighted by Gasteiger charge is -2.33. The van der Waals surface area contributed by atoms with Crippen LogP contribution in [-0.2, 0) is 10.8 Å². The number of anilines is 1. The molecule has 1 unspecified atom stereocenters. The van der Waals surface area contributed by atoms with Crippen molar-refractivity contribution in [3.05, 3.63) is 107 Å². The summed E-state index contributed by atoms with van der Waals surface area (Å²) in [5.41, 5.74) is 11.6. The van der Waals surface area contributed by atoms with Crippen molar-refractivity contribution in [2.45, 2.75) is 58.4 Å². The predicted molar refractivity (Wildman–Crippen MR) is 133 cm³/mol. The highest BCUT2D eigenvalue weighted by molar-refractivity contribution is 5.75. The average molecular weight is 411 g/mol. The number of hydrogen-bond donors (Lipinski definition) is 1. The van der Waals surface area contributed by atoms with Crippen LogP contribution in [0.5, 0.6) is 0 Å². The molecule has 160 valence electrons. The largest absolute Gasteiger partial charge is 0.297 e. The molecule has 2 nitrogen and oxygen atoms in total. The number of benzene rings is 3. The van der Waals surface area contributed by atoms with Crippen LogP contribution in [0.3, 0.4) is 0 Å². The molecule has 0 bridgehead atoms. The summed E-state index contributed by atoms with van der Waals surface area (Å²) in [4.78, 5) is 0. The van der Waals surface area contributed by atoms with E-state index in [1.165, 1.54) is 28.0 Å². The maximum absolute atomic E-state index is 3.76. The van der Waals surface area contributed by atoms with Crippen LogP contribution in [0.1, 0.15) is 69.8 Å². The van der Waals surface area contributed by atoms with E-state index in [0.717, 1.165) is 5.69 Å². The van der Waals surface area contributed by atoms with Gasteiger partial charge in [-0.05, 0) is 45.7 Å². The van der Waals surface area contributed by atoms with Crippen molar-refractivity contribution >= 4 is 11.4 Å². The van der Waals surface area contributed by atoms with Crippen LogP contribution in [0.15, 0.2) is 84.9 Å². The third kappa shape index (κ3) is 4.25. The first-order valence-corrected chi connectivity index (χ1v) is 11.2. The van der Waals surface area contributed by atoms with Gasteiger partial charge in [-0.25, -0.2) is 0 Å². The van der Waals surface area contributed by atoms with Gasteiger partial charge in [0, 0.05) is 5.56 Å². The Hall–Kier alpha value is -3.00. The Kier molecular flexibility index (Phi) is 5.43. The van der Waals surface area contributed by atoms with Gasteiger partial charge in [-0.3, -0.25) is 10.4 Å². The Bertz CT molecular complexity index is 1070. The fourth-order valence-electron chi connectivity index (χ4n) is 4.54. The number of hydrazine groups is 1. The quantitative estimate of drug-likeness (QED) is 0.484. The van der Waals surface area contributed by atoms with Gasteiger partial charge >= 0.3 is 0 Å². The standard InChI is InChI=1S/C29H34N2/c1-28(2,3)24-19-13-18-23(27(24)29(4,5)6)25-20-26(21-14-9-7-10-15-21)31(30-25)22-16-11-8-12-17-22/h7-20,26,30H,1-6H3. The van der Waals surface area contributed by atoms with Crippen molar-refractivity contribution in [1.82, 2.24) is 5.43 Å². The SMILES string of the molecule is CC(C)(C)c1cccc(C2=CC(c3ccccc3)N(c3ccccc3)N2)c1C(C)(C)C. The lowest BCUT2D eigenvalue weighted by Crippen LogP contribution is -2.34. The summed E-state index contributed by atoms with van der Waals surface area (Å²) in [5, 5.41) is 2.28. The maximum atomic E-state index is 3.76.